The van der Waals surface area contributed by atoms with E-state index in [1.54, 1.807) is 12.1 Å². The molecule has 0 atom stereocenters. The fourth-order valence-corrected chi connectivity index (χ4v) is 1.02. The molecule has 0 radical (unpaired) electrons. The van der Waals surface area contributed by atoms with E-state index in [2.05, 4.69) is 22.2 Å². The van der Waals surface area contributed by atoms with Crippen LogP contribution in [0.5, 0.6) is 11.5 Å². The van der Waals surface area contributed by atoms with Gasteiger partial charge in [0.15, 0.2) is 11.5 Å². The summed E-state index contributed by atoms with van der Waals surface area (Å²) in [6.07, 6.45) is 2.60. The van der Waals surface area contributed by atoms with Crippen LogP contribution in [0, 0.1) is 0 Å². The van der Waals surface area contributed by atoms with Crippen LogP contribution in [0.2, 0.25) is 0 Å². The van der Waals surface area contributed by atoms with Gasteiger partial charge in [-0.05, 0) is 24.1 Å². The first-order valence-corrected chi connectivity index (χ1v) is 4.68. The molecule has 0 spiro atoms. The Labute approximate surface area is 96.7 Å². The first-order chi connectivity index (χ1) is 7.19. The molecule has 0 unspecified atom stereocenters. The van der Waals surface area contributed by atoms with E-state index in [9.17, 15) is 5.11 Å². The summed E-state index contributed by atoms with van der Waals surface area (Å²) >= 11 is 2.68. The van der Waals surface area contributed by atoms with Crippen molar-refractivity contribution < 1.29 is 30.2 Å². The summed E-state index contributed by atoms with van der Waals surface area (Å²) in [5, 5.41) is 9.25. The van der Waals surface area contributed by atoms with Gasteiger partial charge in [-0.15, -0.1) is 6.58 Å². The van der Waals surface area contributed by atoms with E-state index in [1.165, 1.54) is 11.9 Å². The van der Waals surface area contributed by atoms with E-state index in [0.29, 0.717) is 5.75 Å². The number of methoxy groups -OCH3 is 1. The van der Waals surface area contributed by atoms with Gasteiger partial charge in [-0.25, -0.2) is 0 Å². The summed E-state index contributed by atoms with van der Waals surface area (Å²) in [5.74, 6) is 0.680. The second kappa shape index (κ2) is 8.01. The summed E-state index contributed by atoms with van der Waals surface area (Å²) in [4.78, 5) is 9.82. The third kappa shape index (κ3) is 5.18. The van der Waals surface area contributed by atoms with Gasteiger partial charge in [0.2, 0.25) is 0 Å². The molecule has 1 N–H and O–H groups in total. The van der Waals surface area contributed by atoms with Crippen molar-refractivity contribution in [2.45, 2.75) is 6.42 Å². The summed E-state index contributed by atoms with van der Waals surface area (Å²) in [7, 11) is 1.53. The molecule has 15 heavy (non-hydrogen) atoms. The Balaban J connectivity index is 0.000000583. The Morgan fingerprint density at radius 2 is 2.27 bits per heavy atom. The Morgan fingerprint density at radius 3 is 2.73 bits per heavy atom. The third-order valence-electron chi connectivity index (χ3n) is 1.62. The van der Waals surface area contributed by atoms with Crippen LogP contribution in [-0.2, 0) is 26.8 Å². The molecule has 0 saturated heterocycles. The molecular weight excluding hydrogens is 236 g/mol. The summed E-state index contributed by atoms with van der Waals surface area (Å²) in [6.45, 7) is 3.63. The first-order valence-electron chi connectivity index (χ1n) is 4.12. The zero-order chi connectivity index (χ0) is 11.7. The van der Waals surface area contributed by atoms with Gasteiger partial charge in [0.05, 0.1) is 7.11 Å². The normalized spacial score (nSPS) is 8.13. The Hall–Kier alpha value is -1.34. The van der Waals surface area contributed by atoms with Gasteiger partial charge in [0.25, 0.3) is 0 Å². The zero-order valence-electron chi connectivity index (χ0n) is 8.34. The van der Waals surface area contributed by atoms with Crippen molar-refractivity contribution in [1.29, 1.82) is 0 Å². The minimum atomic E-state index is 0.172. The van der Waals surface area contributed by atoms with E-state index < -0.39 is 0 Å². The van der Waals surface area contributed by atoms with Crippen LogP contribution in [0.4, 0.5) is 0 Å². The van der Waals surface area contributed by atoms with Crippen molar-refractivity contribution in [3.8, 4) is 11.5 Å². The van der Waals surface area contributed by atoms with Crippen LogP contribution in [0.1, 0.15) is 5.56 Å². The quantitative estimate of drug-likeness (QED) is 0.654. The van der Waals surface area contributed by atoms with Crippen LogP contribution in [0.15, 0.2) is 30.9 Å². The van der Waals surface area contributed by atoms with Gasteiger partial charge < -0.3 is 9.84 Å². The average Bonchev–Trinajstić information content (AvgIpc) is 2.22. The fourth-order valence-electron chi connectivity index (χ4n) is 1.02. The number of phenolic OH excluding ortho intramolecular Hbond substituents is 1. The molecule has 4 heteroatoms. The third-order valence-corrected chi connectivity index (χ3v) is 1.62. The molecule has 0 aliphatic heterocycles. The molecule has 3 nitrogen and oxygen atoms in total. The molecule has 82 valence electrons. The number of phenols is 1. The number of rotatable bonds is 3. The summed E-state index contributed by atoms with van der Waals surface area (Å²) < 4.78 is 4.95. The van der Waals surface area contributed by atoms with Crippen LogP contribution < -0.4 is 4.74 Å². The molecular formula is C11H12FeO3. The number of ether oxygens (including phenoxy) is 1. The first kappa shape index (κ1) is 13.7. The van der Waals surface area contributed by atoms with Gasteiger partial charge >= 0.3 is 25.2 Å². The molecule has 0 heterocycles. The van der Waals surface area contributed by atoms with E-state index in [1.807, 2.05) is 12.1 Å². The number of aromatic hydroxyl groups is 1. The molecule has 1 aromatic carbocycles. The van der Waals surface area contributed by atoms with Crippen molar-refractivity contribution in [3.63, 3.8) is 0 Å². The zero-order valence-corrected chi connectivity index (χ0v) is 9.45. The minimum absolute atomic E-state index is 0.172. The Bertz CT molecular complexity index is 355. The Morgan fingerprint density at radius 1 is 1.67 bits per heavy atom. The van der Waals surface area contributed by atoms with Crippen LogP contribution in [0.25, 0.3) is 0 Å². The van der Waals surface area contributed by atoms with E-state index in [0.717, 1.165) is 12.0 Å². The van der Waals surface area contributed by atoms with Crippen molar-refractivity contribution in [1.82, 2.24) is 0 Å². The average molecular weight is 248 g/mol. The molecule has 0 bridgehead atoms. The van der Waals surface area contributed by atoms with Gasteiger partial charge in [-0.1, -0.05) is 12.1 Å². The second-order valence-electron chi connectivity index (χ2n) is 2.57. The SMILES string of the molecule is C=CCc1ccc(O)c(OC)c1.O=[C]=[Fe]. The van der Waals surface area contributed by atoms with Crippen molar-refractivity contribution in [2.75, 3.05) is 7.11 Å². The standard InChI is InChI=1S/C10H12O2.CO.Fe/c1-3-4-8-5-6-9(11)10(7-8)12-2;1-2;/h3,5-7,11H,1,4H2,2H3;;. The van der Waals surface area contributed by atoms with Crippen LogP contribution in [0.3, 0.4) is 0 Å². The van der Waals surface area contributed by atoms with Crippen LogP contribution in [-0.4, -0.2) is 17.0 Å². The van der Waals surface area contributed by atoms with Gasteiger partial charge in [-0.2, -0.15) is 0 Å². The van der Waals surface area contributed by atoms with Crippen molar-refractivity contribution in [3.05, 3.63) is 36.4 Å². The van der Waals surface area contributed by atoms with Gasteiger partial charge in [-0.3, -0.25) is 0 Å². The number of hydrogen-bond acceptors (Lipinski definition) is 3. The number of carbonyl (C=O) groups excluding carboxylic acids is 1. The molecule has 0 saturated carbocycles. The molecule has 1 aromatic rings. The topological polar surface area (TPSA) is 46.5 Å². The summed E-state index contributed by atoms with van der Waals surface area (Å²) in [6, 6.07) is 5.27. The molecule has 1 rings (SSSR count). The van der Waals surface area contributed by atoms with Crippen molar-refractivity contribution >= 4 is 4.79 Å². The molecule has 0 aromatic heterocycles. The number of benzene rings is 1. The van der Waals surface area contributed by atoms with Gasteiger partial charge in [0.1, 0.15) is 0 Å². The Kier molecular flexibility index (Phi) is 7.29. The summed E-state index contributed by atoms with van der Waals surface area (Å²) in [5.41, 5.74) is 1.08. The van der Waals surface area contributed by atoms with E-state index >= 15 is 0 Å². The van der Waals surface area contributed by atoms with Crippen LogP contribution >= 0.6 is 0 Å². The molecule has 0 aliphatic rings. The predicted octanol–water partition coefficient (Wildman–Crippen LogP) is 1.73. The maximum atomic E-state index is 9.25. The maximum absolute atomic E-state index is 9.25. The number of allylic oxidation sites excluding steroid dienone is 1. The predicted molar refractivity (Wildman–Crippen MR) is 54.3 cm³/mol. The molecule has 0 aliphatic carbocycles. The monoisotopic (exact) mass is 248 g/mol. The molecule has 0 fully saturated rings. The second-order valence-corrected chi connectivity index (χ2v) is 2.80. The van der Waals surface area contributed by atoms with Gasteiger partial charge in [0, 0.05) is 0 Å². The molecule has 0 amide bonds. The van der Waals surface area contributed by atoms with E-state index in [4.69, 9.17) is 9.53 Å². The number of hydrogen-bond donors (Lipinski definition) is 1. The fraction of sp³-hybridized carbons (Fsp3) is 0.182. The van der Waals surface area contributed by atoms with Crippen molar-refractivity contribution in [2.24, 2.45) is 0 Å². The van der Waals surface area contributed by atoms with E-state index in [-0.39, 0.29) is 5.75 Å².